The van der Waals surface area contributed by atoms with Crippen LogP contribution in [0.15, 0.2) is 0 Å². The summed E-state index contributed by atoms with van der Waals surface area (Å²) in [6, 6.07) is 0. The third-order valence-corrected chi connectivity index (χ3v) is 3.76. The van der Waals surface area contributed by atoms with E-state index in [0.29, 0.717) is 16.3 Å². The number of hydrogen-bond donors (Lipinski definition) is 0. The summed E-state index contributed by atoms with van der Waals surface area (Å²) >= 11 is 6.30. The molecule has 0 atom stereocenters. The molecule has 0 fully saturated rings. The lowest BCUT2D eigenvalue weighted by molar-refractivity contribution is 0.112. The van der Waals surface area contributed by atoms with Gasteiger partial charge in [0.25, 0.3) is 0 Å². The Morgan fingerprint density at radius 1 is 1.25 bits per heavy atom. The molecular weight excluding hydrogens is 224 g/mol. The van der Waals surface area contributed by atoms with Crippen molar-refractivity contribution in [3.05, 3.63) is 27.3 Å². The average Bonchev–Trinajstić information content (AvgIpc) is 2.33. The molecule has 3 heteroatoms. The molecule has 86 valence electrons. The number of fused-ring (bicyclic) bond motifs is 1. The molecule has 0 saturated heterocycles. The van der Waals surface area contributed by atoms with Crippen LogP contribution in [-0.2, 0) is 12.8 Å². The molecule has 0 unspecified atom stereocenters. The van der Waals surface area contributed by atoms with Gasteiger partial charge >= 0.3 is 0 Å². The van der Waals surface area contributed by atoms with Gasteiger partial charge in [-0.25, -0.2) is 0 Å². The zero-order chi connectivity index (χ0) is 11.7. The molecule has 0 aliphatic heterocycles. The molecule has 1 aromatic rings. The fourth-order valence-electron chi connectivity index (χ4n) is 2.49. The van der Waals surface area contributed by atoms with Gasteiger partial charge in [0.15, 0.2) is 6.29 Å². The van der Waals surface area contributed by atoms with Crippen molar-refractivity contribution in [2.45, 2.75) is 32.6 Å². The molecule has 2 nitrogen and oxygen atoms in total. The molecular formula is C13H15ClO2. The van der Waals surface area contributed by atoms with Gasteiger partial charge in [-0.15, -0.1) is 0 Å². The standard InChI is InChI=1S/C13H15ClO2/c1-8-9-5-3-4-6-10(9)12(14)13(16-2)11(8)7-15/h7H,3-6H2,1-2H3. The second-order valence-corrected chi connectivity index (χ2v) is 4.55. The SMILES string of the molecule is COc1c(Cl)c2c(c(C)c1C=O)CCCC2. The van der Waals surface area contributed by atoms with Crippen LogP contribution in [0.4, 0.5) is 0 Å². The highest BCUT2D eigenvalue weighted by Gasteiger charge is 2.22. The van der Waals surface area contributed by atoms with E-state index in [1.54, 1.807) is 7.11 Å². The summed E-state index contributed by atoms with van der Waals surface area (Å²) < 4.78 is 5.25. The third-order valence-electron chi connectivity index (χ3n) is 3.36. The van der Waals surface area contributed by atoms with Gasteiger partial charge in [-0.1, -0.05) is 11.6 Å². The van der Waals surface area contributed by atoms with Crippen molar-refractivity contribution >= 4 is 17.9 Å². The molecule has 1 aromatic carbocycles. The number of carbonyl (C=O) groups is 1. The van der Waals surface area contributed by atoms with Gasteiger partial charge in [0.05, 0.1) is 17.7 Å². The number of benzene rings is 1. The number of methoxy groups -OCH3 is 1. The lowest BCUT2D eigenvalue weighted by atomic mass is 9.86. The van der Waals surface area contributed by atoms with Crippen LogP contribution < -0.4 is 4.74 Å². The molecule has 0 spiro atoms. The Kier molecular flexibility index (Phi) is 3.20. The van der Waals surface area contributed by atoms with E-state index in [4.69, 9.17) is 16.3 Å². The van der Waals surface area contributed by atoms with Crippen molar-refractivity contribution in [2.24, 2.45) is 0 Å². The first-order valence-corrected chi connectivity index (χ1v) is 5.91. The summed E-state index contributed by atoms with van der Waals surface area (Å²) in [6.07, 6.45) is 5.19. The van der Waals surface area contributed by atoms with Crippen LogP contribution in [-0.4, -0.2) is 13.4 Å². The molecule has 2 rings (SSSR count). The number of aldehydes is 1. The topological polar surface area (TPSA) is 26.3 Å². The second-order valence-electron chi connectivity index (χ2n) is 4.17. The number of rotatable bonds is 2. The first-order chi connectivity index (χ1) is 7.70. The lowest BCUT2D eigenvalue weighted by Gasteiger charge is -2.23. The number of hydrogen-bond acceptors (Lipinski definition) is 2. The summed E-state index contributed by atoms with van der Waals surface area (Å²) in [5.41, 5.74) is 4.06. The molecule has 1 aliphatic carbocycles. The smallest absolute Gasteiger partial charge is 0.154 e. The highest BCUT2D eigenvalue weighted by atomic mass is 35.5. The van der Waals surface area contributed by atoms with Crippen molar-refractivity contribution in [1.29, 1.82) is 0 Å². The first kappa shape index (κ1) is 11.5. The third kappa shape index (κ3) is 1.61. The van der Waals surface area contributed by atoms with E-state index in [2.05, 4.69) is 0 Å². The van der Waals surface area contributed by atoms with E-state index in [1.807, 2.05) is 6.92 Å². The van der Waals surface area contributed by atoms with Crippen molar-refractivity contribution in [3.8, 4) is 5.75 Å². The Morgan fingerprint density at radius 2 is 1.88 bits per heavy atom. The molecule has 0 bridgehead atoms. The minimum Gasteiger partial charge on any atom is -0.494 e. The summed E-state index contributed by atoms with van der Waals surface area (Å²) in [6.45, 7) is 1.98. The summed E-state index contributed by atoms with van der Waals surface area (Å²) in [7, 11) is 1.56. The zero-order valence-corrected chi connectivity index (χ0v) is 10.4. The maximum Gasteiger partial charge on any atom is 0.154 e. The molecule has 0 saturated carbocycles. The van der Waals surface area contributed by atoms with Gasteiger partial charge in [0.2, 0.25) is 0 Å². The monoisotopic (exact) mass is 238 g/mol. The van der Waals surface area contributed by atoms with Gasteiger partial charge < -0.3 is 4.74 Å². The molecule has 0 heterocycles. The van der Waals surface area contributed by atoms with E-state index < -0.39 is 0 Å². The van der Waals surface area contributed by atoms with E-state index in [1.165, 1.54) is 17.5 Å². The molecule has 16 heavy (non-hydrogen) atoms. The van der Waals surface area contributed by atoms with Gasteiger partial charge in [-0.05, 0) is 49.3 Å². The van der Waals surface area contributed by atoms with Crippen molar-refractivity contribution in [3.63, 3.8) is 0 Å². The molecule has 0 N–H and O–H groups in total. The van der Waals surface area contributed by atoms with Gasteiger partial charge in [0.1, 0.15) is 5.75 Å². The predicted octanol–water partition coefficient (Wildman–Crippen LogP) is 3.35. The lowest BCUT2D eigenvalue weighted by Crippen LogP contribution is -2.09. The number of carbonyl (C=O) groups excluding carboxylic acids is 1. The average molecular weight is 239 g/mol. The number of halogens is 1. The Labute approximate surface area is 101 Å². The van der Waals surface area contributed by atoms with Crippen LogP contribution in [0.1, 0.15) is 39.9 Å². The maximum atomic E-state index is 11.1. The second kappa shape index (κ2) is 4.46. The van der Waals surface area contributed by atoms with Crippen LogP contribution >= 0.6 is 11.6 Å². The molecule has 0 amide bonds. The Hall–Kier alpha value is -1.02. The van der Waals surface area contributed by atoms with E-state index in [0.717, 1.165) is 31.1 Å². The van der Waals surface area contributed by atoms with Gasteiger partial charge in [-0.2, -0.15) is 0 Å². The Balaban J connectivity index is 2.73. The molecule has 0 aromatic heterocycles. The van der Waals surface area contributed by atoms with Crippen molar-refractivity contribution < 1.29 is 9.53 Å². The zero-order valence-electron chi connectivity index (χ0n) is 9.60. The van der Waals surface area contributed by atoms with E-state index >= 15 is 0 Å². The molecule has 0 radical (unpaired) electrons. The van der Waals surface area contributed by atoms with Crippen molar-refractivity contribution in [2.75, 3.05) is 7.11 Å². The maximum absolute atomic E-state index is 11.1. The van der Waals surface area contributed by atoms with Gasteiger partial charge in [0, 0.05) is 0 Å². The fourth-order valence-corrected chi connectivity index (χ4v) is 2.88. The van der Waals surface area contributed by atoms with Gasteiger partial charge in [-0.3, -0.25) is 4.79 Å². The number of ether oxygens (including phenoxy) is 1. The summed E-state index contributed by atoms with van der Waals surface area (Å²) in [5.74, 6) is 0.537. The van der Waals surface area contributed by atoms with E-state index in [9.17, 15) is 4.79 Å². The Morgan fingerprint density at radius 3 is 2.44 bits per heavy atom. The van der Waals surface area contributed by atoms with Crippen LogP contribution in [0.3, 0.4) is 0 Å². The minimum absolute atomic E-state index is 0.537. The normalized spacial score (nSPS) is 14.4. The Bertz CT molecular complexity index is 438. The van der Waals surface area contributed by atoms with Crippen LogP contribution in [0.25, 0.3) is 0 Å². The largest absolute Gasteiger partial charge is 0.494 e. The summed E-state index contributed by atoms with van der Waals surface area (Å²) in [5, 5.41) is 0.630. The minimum atomic E-state index is 0.537. The van der Waals surface area contributed by atoms with Crippen LogP contribution in [0, 0.1) is 6.92 Å². The highest BCUT2D eigenvalue weighted by molar-refractivity contribution is 6.33. The van der Waals surface area contributed by atoms with E-state index in [-0.39, 0.29) is 0 Å². The van der Waals surface area contributed by atoms with Crippen molar-refractivity contribution in [1.82, 2.24) is 0 Å². The van der Waals surface area contributed by atoms with Crippen LogP contribution in [0.2, 0.25) is 5.02 Å². The summed E-state index contributed by atoms with van der Waals surface area (Å²) in [4.78, 5) is 11.1. The molecule has 1 aliphatic rings. The predicted molar refractivity (Wildman–Crippen MR) is 64.8 cm³/mol. The first-order valence-electron chi connectivity index (χ1n) is 5.53. The van der Waals surface area contributed by atoms with Crippen LogP contribution in [0.5, 0.6) is 5.75 Å². The fraction of sp³-hybridized carbons (Fsp3) is 0.462. The highest BCUT2D eigenvalue weighted by Crippen LogP contribution is 2.39. The quantitative estimate of drug-likeness (QED) is 0.739.